The Morgan fingerprint density at radius 3 is 2.86 bits per heavy atom. The number of aromatic nitrogens is 3. The number of anilines is 1. The van der Waals surface area contributed by atoms with E-state index in [9.17, 15) is 9.59 Å². The fraction of sp³-hybridized carbons (Fsp3) is 0.500. The monoisotopic (exact) mass is 383 g/mol. The minimum atomic E-state index is -0.588. The molecule has 1 aliphatic carbocycles. The van der Waals surface area contributed by atoms with Crippen LogP contribution in [0.3, 0.4) is 0 Å². The number of nitrogens with zero attached hydrogens (tertiary/aromatic N) is 3. The van der Waals surface area contributed by atoms with Gasteiger partial charge in [-0.2, -0.15) is 4.98 Å². The number of primary amides is 1. The summed E-state index contributed by atoms with van der Waals surface area (Å²) in [6.07, 6.45) is 5.45. The smallest absolute Gasteiger partial charge is 0.254 e. The standard InChI is InChI=1S/C20H25N5O3/c1-11-9-25(14-6-20(2,3)7-15(26)16(11)14)19-22-8-13(17(21)27)18(24-19)23-12-4-5-28-10-12/h8-9,12H,4-7,10H2,1-3H3,(H2,21,27)(H,22,23,24). The Balaban J connectivity index is 1.79. The van der Waals surface area contributed by atoms with Gasteiger partial charge in [0.25, 0.3) is 5.91 Å². The van der Waals surface area contributed by atoms with Crippen LogP contribution in [0, 0.1) is 12.3 Å². The van der Waals surface area contributed by atoms with Crippen molar-refractivity contribution in [2.45, 2.75) is 46.1 Å². The maximum atomic E-state index is 12.7. The molecule has 1 fully saturated rings. The Kier molecular flexibility index (Phi) is 4.45. The SMILES string of the molecule is Cc1cn(-c2ncc(C(N)=O)c(NC3CCOC3)n2)c2c1C(=O)CC(C)(C)C2. The number of fused-ring (bicyclic) bond motifs is 1. The number of nitrogens with one attached hydrogen (secondary N) is 1. The third kappa shape index (κ3) is 3.28. The molecular weight excluding hydrogens is 358 g/mol. The number of ketones is 1. The first-order valence-electron chi connectivity index (χ1n) is 9.51. The van der Waals surface area contributed by atoms with Crippen LogP contribution < -0.4 is 11.1 Å². The minimum absolute atomic E-state index is 0.0710. The zero-order valence-corrected chi connectivity index (χ0v) is 16.4. The molecule has 4 rings (SSSR count). The number of carbonyl (C=O) groups excluding carboxylic acids is 2. The number of aryl methyl sites for hydroxylation is 1. The molecule has 8 heteroatoms. The predicted molar refractivity (Wildman–Crippen MR) is 104 cm³/mol. The maximum absolute atomic E-state index is 12.7. The number of ether oxygens (including phenoxy) is 1. The Bertz CT molecular complexity index is 957. The predicted octanol–water partition coefficient (Wildman–Crippen LogP) is 2.03. The van der Waals surface area contributed by atoms with Gasteiger partial charge in [0, 0.05) is 36.7 Å². The van der Waals surface area contributed by atoms with E-state index in [1.165, 1.54) is 6.20 Å². The van der Waals surface area contributed by atoms with E-state index in [4.69, 9.17) is 10.5 Å². The van der Waals surface area contributed by atoms with Crippen molar-refractivity contribution in [3.63, 3.8) is 0 Å². The van der Waals surface area contributed by atoms with E-state index >= 15 is 0 Å². The molecule has 1 saturated heterocycles. The van der Waals surface area contributed by atoms with Crippen LogP contribution in [0.4, 0.5) is 5.82 Å². The fourth-order valence-corrected chi connectivity index (χ4v) is 4.08. The summed E-state index contributed by atoms with van der Waals surface area (Å²) in [5.41, 5.74) is 8.22. The van der Waals surface area contributed by atoms with Crippen LogP contribution in [0.1, 0.15) is 58.7 Å². The van der Waals surface area contributed by atoms with Crippen LogP contribution in [0.15, 0.2) is 12.4 Å². The number of hydrogen-bond acceptors (Lipinski definition) is 6. The average molecular weight is 383 g/mol. The van der Waals surface area contributed by atoms with E-state index < -0.39 is 5.91 Å². The molecule has 3 N–H and O–H groups in total. The third-order valence-electron chi connectivity index (χ3n) is 5.39. The lowest BCUT2D eigenvalue weighted by molar-refractivity contribution is 0.0909. The second-order valence-electron chi connectivity index (χ2n) is 8.45. The lowest BCUT2D eigenvalue weighted by Crippen LogP contribution is -2.28. The molecule has 28 heavy (non-hydrogen) atoms. The van der Waals surface area contributed by atoms with E-state index in [2.05, 4.69) is 29.1 Å². The van der Waals surface area contributed by atoms with E-state index in [1.54, 1.807) is 0 Å². The summed E-state index contributed by atoms with van der Waals surface area (Å²) in [4.78, 5) is 33.5. The van der Waals surface area contributed by atoms with E-state index in [0.29, 0.717) is 31.4 Å². The molecule has 0 aromatic carbocycles. The van der Waals surface area contributed by atoms with Gasteiger partial charge in [0.15, 0.2) is 5.78 Å². The summed E-state index contributed by atoms with van der Waals surface area (Å²) < 4.78 is 7.26. The number of rotatable bonds is 4. The molecular formula is C20H25N5O3. The van der Waals surface area contributed by atoms with Crippen molar-refractivity contribution in [2.24, 2.45) is 11.1 Å². The molecule has 0 bridgehead atoms. The van der Waals surface area contributed by atoms with Crippen molar-refractivity contribution in [2.75, 3.05) is 18.5 Å². The second kappa shape index (κ2) is 6.70. The summed E-state index contributed by atoms with van der Waals surface area (Å²) in [5, 5.41) is 3.26. The minimum Gasteiger partial charge on any atom is -0.379 e. The number of hydrogen-bond donors (Lipinski definition) is 2. The Labute approximate surface area is 163 Å². The lowest BCUT2D eigenvalue weighted by Gasteiger charge is -2.29. The molecule has 2 aliphatic rings. The summed E-state index contributed by atoms with van der Waals surface area (Å²) in [6, 6.07) is 0.0710. The molecule has 2 aromatic rings. The van der Waals surface area contributed by atoms with Crippen LogP contribution in [0.25, 0.3) is 5.95 Å². The summed E-state index contributed by atoms with van der Waals surface area (Å²) in [6.45, 7) is 7.33. The lowest BCUT2D eigenvalue weighted by atomic mass is 9.75. The molecule has 1 atom stereocenters. The van der Waals surface area contributed by atoms with Crippen LogP contribution in [0.2, 0.25) is 0 Å². The van der Waals surface area contributed by atoms with Crippen molar-refractivity contribution in [1.29, 1.82) is 0 Å². The summed E-state index contributed by atoms with van der Waals surface area (Å²) in [7, 11) is 0. The van der Waals surface area contributed by atoms with Crippen molar-refractivity contribution in [3.8, 4) is 5.95 Å². The van der Waals surface area contributed by atoms with Crippen LogP contribution in [-0.2, 0) is 11.2 Å². The largest absolute Gasteiger partial charge is 0.379 e. The molecule has 0 saturated carbocycles. The van der Waals surface area contributed by atoms with Gasteiger partial charge in [-0.3, -0.25) is 14.2 Å². The topological polar surface area (TPSA) is 112 Å². The molecule has 3 heterocycles. The van der Waals surface area contributed by atoms with E-state index in [1.807, 2.05) is 17.7 Å². The highest BCUT2D eigenvalue weighted by Crippen LogP contribution is 2.37. The van der Waals surface area contributed by atoms with Crippen LogP contribution in [-0.4, -0.2) is 45.5 Å². The third-order valence-corrected chi connectivity index (χ3v) is 5.39. The number of Topliss-reactive ketones (excluding diaryl/α,β-unsaturated/α-hetero) is 1. The van der Waals surface area contributed by atoms with Gasteiger partial charge in [0.2, 0.25) is 5.95 Å². The van der Waals surface area contributed by atoms with E-state index in [0.717, 1.165) is 29.7 Å². The van der Waals surface area contributed by atoms with E-state index in [-0.39, 0.29) is 22.8 Å². The number of amides is 1. The van der Waals surface area contributed by atoms with Crippen LogP contribution in [0.5, 0.6) is 0 Å². The zero-order valence-electron chi connectivity index (χ0n) is 16.4. The molecule has 0 radical (unpaired) electrons. The van der Waals surface area contributed by atoms with Gasteiger partial charge in [0.1, 0.15) is 5.82 Å². The first-order chi connectivity index (χ1) is 13.2. The molecule has 148 valence electrons. The zero-order chi connectivity index (χ0) is 20.1. The summed E-state index contributed by atoms with van der Waals surface area (Å²) in [5.74, 6) is 0.378. The van der Waals surface area contributed by atoms with Crippen molar-refractivity contribution in [1.82, 2.24) is 14.5 Å². The maximum Gasteiger partial charge on any atom is 0.254 e. The van der Waals surface area contributed by atoms with Gasteiger partial charge < -0.3 is 15.8 Å². The quantitative estimate of drug-likeness (QED) is 0.835. The second-order valence-corrected chi connectivity index (χ2v) is 8.45. The van der Waals surface area contributed by atoms with Crippen molar-refractivity contribution >= 4 is 17.5 Å². The molecule has 0 spiro atoms. The molecule has 1 amide bonds. The molecule has 8 nitrogen and oxygen atoms in total. The Morgan fingerprint density at radius 1 is 1.39 bits per heavy atom. The molecule has 1 unspecified atom stereocenters. The van der Waals surface area contributed by atoms with Crippen molar-refractivity contribution < 1.29 is 14.3 Å². The highest BCUT2D eigenvalue weighted by Gasteiger charge is 2.35. The van der Waals surface area contributed by atoms with Gasteiger partial charge >= 0.3 is 0 Å². The Morgan fingerprint density at radius 2 is 2.18 bits per heavy atom. The average Bonchev–Trinajstić information content (AvgIpc) is 3.21. The van der Waals surface area contributed by atoms with Crippen molar-refractivity contribution in [3.05, 3.63) is 34.8 Å². The summed E-state index contributed by atoms with van der Waals surface area (Å²) >= 11 is 0. The van der Waals surface area contributed by atoms with Gasteiger partial charge in [-0.25, -0.2) is 4.98 Å². The molecule has 2 aromatic heterocycles. The van der Waals surface area contributed by atoms with Crippen LogP contribution >= 0.6 is 0 Å². The first-order valence-corrected chi connectivity index (χ1v) is 9.51. The fourth-order valence-electron chi connectivity index (χ4n) is 4.08. The highest BCUT2D eigenvalue weighted by molar-refractivity contribution is 6.00. The normalized spacial score (nSPS) is 20.8. The molecule has 1 aliphatic heterocycles. The number of nitrogens with two attached hydrogens (primary N) is 1. The Hall–Kier alpha value is -2.74. The first kappa shape index (κ1) is 18.6. The van der Waals surface area contributed by atoms with Gasteiger partial charge in [-0.05, 0) is 30.7 Å². The highest BCUT2D eigenvalue weighted by atomic mass is 16.5. The number of carbonyl (C=O) groups is 2. The van der Waals surface area contributed by atoms with Gasteiger partial charge in [-0.15, -0.1) is 0 Å². The van der Waals surface area contributed by atoms with Gasteiger partial charge in [0.05, 0.1) is 18.2 Å². The van der Waals surface area contributed by atoms with Gasteiger partial charge in [-0.1, -0.05) is 13.8 Å².